The molecule has 0 aromatic carbocycles. The van der Waals surface area contributed by atoms with Gasteiger partial charge in [-0.1, -0.05) is 26.7 Å². The second-order valence-electron chi connectivity index (χ2n) is 5.43. The van der Waals surface area contributed by atoms with E-state index in [9.17, 15) is 13.2 Å². The van der Waals surface area contributed by atoms with Crippen LogP contribution in [-0.2, 0) is 14.8 Å². The highest BCUT2D eigenvalue weighted by Crippen LogP contribution is 2.13. The summed E-state index contributed by atoms with van der Waals surface area (Å²) in [6, 6.07) is 0. The number of nitrogens with one attached hydrogen (secondary N) is 1. The summed E-state index contributed by atoms with van der Waals surface area (Å²) in [6.07, 6.45) is 5.69. The number of sulfonamides is 1. The standard InChI is InChI=1S/C14H28N2O3S/c1-3-13(4-2)14(17)15-9-12-20(18,19)16-10-7-5-6-8-11-16/h13H,3-12H2,1-2H3,(H,15,17). The molecule has 1 fully saturated rings. The summed E-state index contributed by atoms with van der Waals surface area (Å²) in [6.45, 7) is 5.42. The van der Waals surface area contributed by atoms with Gasteiger partial charge in [0.25, 0.3) is 0 Å². The van der Waals surface area contributed by atoms with Crippen molar-refractivity contribution in [3.8, 4) is 0 Å². The number of carbonyl (C=O) groups is 1. The first-order chi connectivity index (χ1) is 9.51. The Morgan fingerprint density at radius 2 is 1.65 bits per heavy atom. The van der Waals surface area contributed by atoms with E-state index in [1.54, 1.807) is 4.31 Å². The van der Waals surface area contributed by atoms with Gasteiger partial charge < -0.3 is 5.32 Å². The van der Waals surface area contributed by atoms with Gasteiger partial charge in [-0.15, -0.1) is 0 Å². The normalized spacial score (nSPS) is 17.9. The van der Waals surface area contributed by atoms with E-state index >= 15 is 0 Å². The Hall–Kier alpha value is -0.620. The number of carbonyl (C=O) groups excluding carboxylic acids is 1. The van der Waals surface area contributed by atoms with E-state index in [4.69, 9.17) is 0 Å². The number of rotatable bonds is 7. The average molecular weight is 304 g/mol. The molecule has 1 rings (SSSR count). The molecule has 20 heavy (non-hydrogen) atoms. The lowest BCUT2D eigenvalue weighted by atomic mass is 10.0. The van der Waals surface area contributed by atoms with Crippen molar-refractivity contribution in [1.29, 1.82) is 0 Å². The Bertz CT molecular complexity index is 383. The van der Waals surface area contributed by atoms with Gasteiger partial charge in [-0.3, -0.25) is 4.79 Å². The van der Waals surface area contributed by atoms with Crippen molar-refractivity contribution in [1.82, 2.24) is 9.62 Å². The summed E-state index contributed by atoms with van der Waals surface area (Å²) in [5, 5.41) is 2.75. The minimum atomic E-state index is -3.22. The molecule has 0 aliphatic carbocycles. The smallest absolute Gasteiger partial charge is 0.223 e. The summed E-state index contributed by atoms with van der Waals surface area (Å²) in [7, 11) is -3.22. The minimum Gasteiger partial charge on any atom is -0.355 e. The maximum Gasteiger partial charge on any atom is 0.223 e. The van der Waals surface area contributed by atoms with Crippen LogP contribution in [0.15, 0.2) is 0 Å². The minimum absolute atomic E-state index is 0.00380. The van der Waals surface area contributed by atoms with Crippen LogP contribution in [0.25, 0.3) is 0 Å². The molecule has 0 unspecified atom stereocenters. The maximum absolute atomic E-state index is 12.2. The van der Waals surface area contributed by atoms with E-state index in [-0.39, 0.29) is 24.1 Å². The van der Waals surface area contributed by atoms with E-state index in [0.29, 0.717) is 13.1 Å². The molecule has 0 atom stereocenters. The molecule has 0 spiro atoms. The third-order valence-corrected chi connectivity index (χ3v) is 5.85. The van der Waals surface area contributed by atoms with E-state index in [1.165, 1.54) is 0 Å². The van der Waals surface area contributed by atoms with Gasteiger partial charge in [-0.25, -0.2) is 12.7 Å². The zero-order valence-corrected chi connectivity index (χ0v) is 13.5. The summed E-state index contributed by atoms with van der Waals surface area (Å²) >= 11 is 0. The topological polar surface area (TPSA) is 66.5 Å². The van der Waals surface area contributed by atoms with Crippen molar-refractivity contribution in [3.63, 3.8) is 0 Å². The molecule has 5 nitrogen and oxygen atoms in total. The second-order valence-corrected chi connectivity index (χ2v) is 7.52. The summed E-state index contributed by atoms with van der Waals surface area (Å²) in [4.78, 5) is 11.8. The van der Waals surface area contributed by atoms with Gasteiger partial charge >= 0.3 is 0 Å². The lowest BCUT2D eigenvalue weighted by Crippen LogP contribution is -2.39. The number of amides is 1. The fourth-order valence-corrected chi connectivity index (χ4v) is 3.99. The molecule has 1 aliphatic rings. The third-order valence-electron chi connectivity index (χ3n) is 3.97. The lowest BCUT2D eigenvalue weighted by molar-refractivity contribution is -0.125. The zero-order valence-electron chi connectivity index (χ0n) is 12.7. The first kappa shape index (κ1) is 17.4. The number of nitrogens with zero attached hydrogens (tertiary/aromatic N) is 1. The predicted octanol–water partition coefficient (Wildman–Crippen LogP) is 1.74. The van der Waals surface area contributed by atoms with Crippen molar-refractivity contribution in [2.75, 3.05) is 25.4 Å². The van der Waals surface area contributed by atoms with Gasteiger partial charge in [0, 0.05) is 25.6 Å². The highest BCUT2D eigenvalue weighted by Gasteiger charge is 2.23. The first-order valence-corrected chi connectivity index (χ1v) is 9.37. The Morgan fingerprint density at radius 1 is 1.10 bits per heavy atom. The Balaban J connectivity index is 2.41. The molecule has 1 amide bonds. The summed E-state index contributed by atoms with van der Waals surface area (Å²) < 4.78 is 26.0. The van der Waals surface area contributed by atoms with E-state index in [1.807, 2.05) is 13.8 Å². The molecule has 1 heterocycles. The molecule has 0 bridgehead atoms. The van der Waals surface area contributed by atoms with Crippen molar-refractivity contribution < 1.29 is 13.2 Å². The van der Waals surface area contributed by atoms with E-state index in [2.05, 4.69) is 5.32 Å². The number of hydrogen-bond acceptors (Lipinski definition) is 3. The van der Waals surface area contributed by atoms with Gasteiger partial charge in [0.05, 0.1) is 5.75 Å². The van der Waals surface area contributed by atoms with Crippen LogP contribution in [0.4, 0.5) is 0 Å². The largest absolute Gasteiger partial charge is 0.355 e. The van der Waals surface area contributed by atoms with Crippen LogP contribution in [0.5, 0.6) is 0 Å². The van der Waals surface area contributed by atoms with Gasteiger partial charge in [0.2, 0.25) is 15.9 Å². The van der Waals surface area contributed by atoms with Crippen molar-refractivity contribution in [2.45, 2.75) is 52.4 Å². The monoisotopic (exact) mass is 304 g/mol. The van der Waals surface area contributed by atoms with Gasteiger partial charge in [0.15, 0.2) is 0 Å². The number of hydrogen-bond donors (Lipinski definition) is 1. The molecular weight excluding hydrogens is 276 g/mol. The Kier molecular flexibility index (Phi) is 7.51. The van der Waals surface area contributed by atoms with Crippen molar-refractivity contribution >= 4 is 15.9 Å². The first-order valence-electron chi connectivity index (χ1n) is 7.76. The summed E-state index contributed by atoms with van der Waals surface area (Å²) in [5.41, 5.74) is 0. The van der Waals surface area contributed by atoms with Gasteiger partial charge in [0.1, 0.15) is 0 Å². The lowest BCUT2D eigenvalue weighted by Gasteiger charge is -2.20. The molecule has 0 aromatic rings. The SMILES string of the molecule is CCC(CC)C(=O)NCCS(=O)(=O)N1CCCCCC1. The van der Waals surface area contributed by atoms with Crippen LogP contribution in [0.3, 0.4) is 0 Å². The van der Waals surface area contributed by atoms with Gasteiger partial charge in [-0.05, 0) is 25.7 Å². The molecule has 1 N–H and O–H groups in total. The summed E-state index contributed by atoms with van der Waals surface area (Å²) in [5.74, 6) is -0.0178. The Morgan fingerprint density at radius 3 is 2.15 bits per heavy atom. The second kappa shape index (κ2) is 8.62. The van der Waals surface area contributed by atoms with Crippen molar-refractivity contribution in [3.05, 3.63) is 0 Å². The molecule has 6 heteroatoms. The molecule has 118 valence electrons. The van der Waals surface area contributed by atoms with Crippen LogP contribution >= 0.6 is 0 Å². The Labute approximate surface area is 123 Å². The highest BCUT2D eigenvalue weighted by molar-refractivity contribution is 7.89. The molecular formula is C14H28N2O3S. The predicted molar refractivity (Wildman–Crippen MR) is 80.9 cm³/mol. The molecule has 1 aliphatic heterocycles. The van der Waals surface area contributed by atoms with Crippen molar-refractivity contribution in [2.24, 2.45) is 5.92 Å². The molecule has 0 radical (unpaired) electrons. The maximum atomic E-state index is 12.2. The highest BCUT2D eigenvalue weighted by atomic mass is 32.2. The zero-order chi connectivity index (χ0) is 15.0. The van der Waals surface area contributed by atoms with Crippen LogP contribution in [0.2, 0.25) is 0 Å². The quantitative estimate of drug-likeness (QED) is 0.779. The van der Waals surface area contributed by atoms with Crippen LogP contribution < -0.4 is 5.32 Å². The average Bonchev–Trinajstić information content (AvgIpc) is 2.69. The molecule has 0 saturated carbocycles. The van der Waals surface area contributed by atoms with E-state index < -0.39 is 10.0 Å². The van der Waals surface area contributed by atoms with Crippen LogP contribution in [-0.4, -0.2) is 44.0 Å². The van der Waals surface area contributed by atoms with Gasteiger partial charge in [-0.2, -0.15) is 0 Å². The fraction of sp³-hybridized carbons (Fsp3) is 0.929. The molecule has 1 saturated heterocycles. The van der Waals surface area contributed by atoms with Crippen LogP contribution in [0, 0.1) is 5.92 Å². The third kappa shape index (κ3) is 5.40. The fourth-order valence-electron chi connectivity index (χ4n) is 2.56. The van der Waals surface area contributed by atoms with E-state index in [0.717, 1.165) is 38.5 Å². The van der Waals surface area contributed by atoms with Crippen LogP contribution in [0.1, 0.15) is 52.4 Å². The molecule has 0 aromatic heterocycles.